The first-order valence-electron chi connectivity index (χ1n) is 6.18. The molecule has 0 radical (unpaired) electrons. The molecule has 0 aliphatic carbocycles. The van der Waals surface area contributed by atoms with Crippen molar-refractivity contribution in [2.24, 2.45) is 0 Å². The topological polar surface area (TPSA) is 101 Å². The van der Waals surface area contributed by atoms with E-state index in [1.165, 1.54) is 18.2 Å². The summed E-state index contributed by atoms with van der Waals surface area (Å²) < 4.78 is 0. The van der Waals surface area contributed by atoms with Gasteiger partial charge in [0.2, 0.25) is 0 Å². The lowest BCUT2D eigenvalue weighted by Crippen LogP contribution is -2.41. The van der Waals surface area contributed by atoms with Crippen LogP contribution in [-0.4, -0.2) is 16.7 Å². The molecule has 0 aromatic heterocycles. The number of hydrogen-bond donors (Lipinski definition) is 2. The summed E-state index contributed by atoms with van der Waals surface area (Å²) in [7, 11) is 0. The molecule has 2 aromatic carbocycles. The molecule has 0 bridgehead atoms. The second kappa shape index (κ2) is 7.08. The first-order chi connectivity index (χ1) is 10.9. The minimum atomic E-state index is -0.708. The van der Waals surface area contributed by atoms with Crippen molar-refractivity contribution in [2.45, 2.75) is 0 Å². The highest BCUT2D eigenvalue weighted by atomic mass is 35.5. The maximum atomic E-state index is 11.9. The second-order valence-electron chi connectivity index (χ2n) is 4.34. The van der Waals surface area contributed by atoms with Gasteiger partial charge in [-0.1, -0.05) is 29.3 Å². The lowest BCUT2D eigenvalue weighted by molar-refractivity contribution is -0.384. The van der Waals surface area contributed by atoms with Crippen molar-refractivity contribution in [3.8, 4) is 0 Å². The Morgan fingerprint density at radius 2 is 1.70 bits per heavy atom. The smallest absolute Gasteiger partial charge is 0.267 e. The Hall–Kier alpha value is -2.64. The van der Waals surface area contributed by atoms with Crippen LogP contribution in [0.2, 0.25) is 10.0 Å². The van der Waals surface area contributed by atoms with E-state index in [4.69, 9.17) is 23.2 Å². The van der Waals surface area contributed by atoms with E-state index in [2.05, 4.69) is 10.9 Å². The molecule has 0 saturated carbocycles. The van der Waals surface area contributed by atoms with Gasteiger partial charge in [-0.05, 0) is 24.3 Å². The number of nitro benzene ring substituents is 1. The van der Waals surface area contributed by atoms with E-state index in [1.54, 1.807) is 12.1 Å². The number of carbonyl (C=O) groups is 2. The molecule has 0 unspecified atom stereocenters. The van der Waals surface area contributed by atoms with Gasteiger partial charge in [0.15, 0.2) is 0 Å². The molecule has 0 heterocycles. The van der Waals surface area contributed by atoms with Crippen molar-refractivity contribution in [1.29, 1.82) is 0 Å². The Morgan fingerprint density at radius 3 is 2.30 bits per heavy atom. The van der Waals surface area contributed by atoms with E-state index < -0.39 is 16.7 Å². The van der Waals surface area contributed by atoms with Gasteiger partial charge >= 0.3 is 0 Å². The summed E-state index contributed by atoms with van der Waals surface area (Å²) in [5, 5.41) is 10.9. The number of carbonyl (C=O) groups excluding carboxylic acids is 2. The standard InChI is InChI=1S/C14H9Cl2N3O4/c15-9-3-1-2-8(6-9)13(20)17-18-14(21)11-5-4-10(19(22)23)7-12(11)16/h1-7H,(H,17,20)(H,18,21). The number of hydrogen-bond acceptors (Lipinski definition) is 4. The fourth-order valence-electron chi connectivity index (χ4n) is 1.68. The molecule has 9 heteroatoms. The Balaban J connectivity index is 2.05. The number of hydrazine groups is 1. The summed E-state index contributed by atoms with van der Waals surface area (Å²) in [5.74, 6) is -1.28. The van der Waals surface area contributed by atoms with Crippen LogP contribution >= 0.6 is 23.2 Å². The SMILES string of the molecule is O=C(NNC(=O)c1ccc([N+](=O)[O-])cc1Cl)c1cccc(Cl)c1. The molecule has 0 fully saturated rings. The van der Waals surface area contributed by atoms with Gasteiger partial charge in [0.05, 0.1) is 15.5 Å². The lowest BCUT2D eigenvalue weighted by atomic mass is 10.2. The molecule has 2 rings (SSSR count). The average Bonchev–Trinajstić information content (AvgIpc) is 2.52. The summed E-state index contributed by atoms with van der Waals surface area (Å²) in [6.07, 6.45) is 0. The van der Waals surface area contributed by atoms with Gasteiger partial charge in [-0.25, -0.2) is 0 Å². The van der Waals surface area contributed by atoms with Crippen LogP contribution in [0.5, 0.6) is 0 Å². The van der Waals surface area contributed by atoms with Crippen molar-refractivity contribution in [3.63, 3.8) is 0 Å². The predicted octanol–water partition coefficient (Wildman–Crippen LogP) is 2.98. The number of amides is 2. The monoisotopic (exact) mass is 353 g/mol. The number of nitrogens with one attached hydrogen (secondary N) is 2. The van der Waals surface area contributed by atoms with Crippen LogP contribution in [0.4, 0.5) is 5.69 Å². The molecule has 23 heavy (non-hydrogen) atoms. The van der Waals surface area contributed by atoms with E-state index in [0.29, 0.717) is 5.02 Å². The van der Waals surface area contributed by atoms with Gasteiger partial charge in [0, 0.05) is 22.7 Å². The largest absolute Gasteiger partial charge is 0.271 e. The molecule has 7 nitrogen and oxygen atoms in total. The van der Waals surface area contributed by atoms with E-state index in [0.717, 1.165) is 12.1 Å². The quantitative estimate of drug-likeness (QED) is 0.654. The third-order valence-electron chi connectivity index (χ3n) is 2.78. The average molecular weight is 354 g/mol. The van der Waals surface area contributed by atoms with Crippen LogP contribution < -0.4 is 10.9 Å². The van der Waals surface area contributed by atoms with E-state index >= 15 is 0 Å². The maximum absolute atomic E-state index is 11.9. The fourth-order valence-corrected chi connectivity index (χ4v) is 2.14. The zero-order valence-electron chi connectivity index (χ0n) is 11.4. The lowest BCUT2D eigenvalue weighted by Gasteiger charge is -2.08. The van der Waals surface area contributed by atoms with Crippen LogP contribution in [0.25, 0.3) is 0 Å². The molecule has 2 aromatic rings. The highest BCUT2D eigenvalue weighted by molar-refractivity contribution is 6.34. The minimum Gasteiger partial charge on any atom is -0.267 e. The highest BCUT2D eigenvalue weighted by Crippen LogP contribution is 2.22. The van der Waals surface area contributed by atoms with E-state index in [9.17, 15) is 19.7 Å². The predicted molar refractivity (Wildman–Crippen MR) is 84.5 cm³/mol. The van der Waals surface area contributed by atoms with Crippen molar-refractivity contribution in [3.05, 3.63) is 73.8 Å². The van der Waals surface area contributed by atoms with Gasteiger partial charge in [-0.2, -0.15) is 0 Å². The first kappa shape index (κ1) is 16.7. The zero-order chi connectivity index (χ0) is 17.0. The number of halogens is 2. The number of nitrogens with zero attached hydrogens (tertiary/aromatic N) is 1. The minimum absolute atomic E-state index is 0.0105. The Kier molecular flexibility index (Phi) is 5.15. The molecule has 0 atom stereocenters. The Labute approximate surface area is 140 Å². The summed E-state index contributed by atoms with van der Waals surface area (Å²) in [5.41, 5.74) is 4.38. The molecule has 0 aliphatic rings. The van der Waals surface area contributed by atoms with Crippen LogP contribution in [0.1, 0.15) is 20.7 Å². The summed E-state index contributed by atoms with van der Waals surface area (Å²) in [6.45, 7) is 0. The molecule has 2 N–H and O–H groups in total. The van der Waals surface area contributed by atoms with Gasteiger partial charge in [0.1, 0.15) is 0 Å². The molecule has 0 saturated heterocycles. The van der Waals surface area contributed by atoms with Crippen molar-refractivity contribution < 1.29 is 14.5 Å². The molecule has 0 aliphatic heterocycles. The van der Waals surface area contributed by atoms with Gasteiger partial charge < -0.3 is 0 Å². The van der Waals surface area contributed by atoms with Gasteiger partial charge in [-0.15, -0.1) is 0 Å². The third-order valence-corrected chi connectivity index (χ3v) is 3.33. The zero-order valence-corrected chi connectivity index (χ0v) is 12.9. The van der Waals surface area contributed by atoms with Crippen LogP contribution in [-0.2, 0) is 0 Å². The molecule has 0 spiro atoms. The Morgan fingerprint density at radius 1 is 1.00 bits per heavy atom. The van der Waals surface area contributed by atoms with E-state index in [-0.39, 0.29) is 21.8 Å². The van der Waals surface area contributed by atoms with E-state index in [1.807, 2.05) is 0 Å². The number of non-ortho nitro benzene ring substituents is 1. The number of benzene rings is 2. The fraction of sp³-hybridized carbons (Fsp3) is 0. The normalized spacial score (nSPS) is 10.0. The summed E-state index contributed by atoms with van der Waals surface area (Å²) in [6, 6.07) is 9.53. The molecular formula is C14H9Cl2N3O4. The second-order valence-corrected chi connectivity index (χ2v) is 5.18. The van der Waals surface area contributed by atoms with Crippen LogP contribution in [0.15, 0.2) is 42.5 Å². The van der Waals surface area contributed by atoms with Crippen LogP contribution in [0, 0.1) is 10.1 Å². The van der Waals surface area contributed by atoms with Crippen molar-refractivity contribution in [2.75, 3.05) is 0 Å². The van der Waals surface area contributed by atoms with Crippen molar-refractivity contribution >= 4 is 40.7 Å². The molecule has 2 amide bonds. The summed E-state index contributed by atoms with van der Waals surface area (Å²) in [4.78, 5) is 33.8. The van der Waals surface area contributed by atoms with Gasteiger partial charge in [-0.3, -0.25) is 30.6 Å². The highest BCUT2D eigenvalue weighted by Gasteiger charge is 2.15. The maximum Gasteiger partial charge on any atom is 0.271 e. The first-order valence-corrected chi connectivity index (χ1v) is 6.94. The van der Waals surface area contributed by atoms with Gasteiger partial charge in [0.25, 0.3) is 17.5 Å². The molecular weight excluding hydrogens is 345 g/mol. The summed E-state index contributed by atoms with van der Waals surface area (Å²) >= 11 is 11.6. The molecule has 118 valence electrons. The number of rotatable bonds is 3. The van der Waals surface area contributed by atoms with Crippen molar-refractivity contribution in [1.82, 2.24) is 10.9 Å². The number of nitro groups is 1. The van der Waals surface area contributed by atoms with Crippen LogP contribution in [0.3, 0.4) is 0 Å². The Bertz CT molecular complexity index is 795. The third kappa shape index (κ3) is 4.18.